The molecule has 5 nitrogen and oxygen atoms in total. The summed E-state index contributed by atoms with van der Waals surface area (Å²) in [7, 11) is 1.80. The summed E-state index contributed by atoms with van der Waals surface area (Å²) >= 11 is 1.63. The average Bonchev–Trinajstić information content (AvgIpc) is 3.17. The highest BCUT2D eigenvalue weighted by Gasteiger charge is 2.13. The second-order valence-corrected chi connectivity index (χ2v) is 6.97. The Bertz CT molecular complexity index is 1080. The van der Waals surface area contributed by atoms with Crippen LogP contribution in [0, 0.1) is 19.7 Å². The van der Waals surface area contributed by atoms with Gasteiger partial charge in [0.05, 0.1) is 21.3 Å². The maximum absolute atomic E-state index is 14.2. The third-order valence-corrected chi connectivity index (χ3v) is 5.13. The number of nitrogens with one attached hydrogen (secondary N) is 1. The highest BCUT2D eigenvalue weighted by molar-refractivity contribution is 7.15. The van der Waals surface area contributed by atoms with Crippen LogP contribution in [0.2, 0.25) is 0 Å². The van der Waals surface area contributed by atoms with Gasteiger partial charge in [-0.15, -0.1) is 11.3 Å². The Hall–Kier alpha value is -2.80. The van der Waals surface area contributed by atoms with Gasteiger partial charge in [0, 0.05) is 42.5 Å². The number of hydrogen-bond acceptors (Lipinski definition) is 5. The number of aryl methyl sites for hydroxylation is 2. The molecule has 126 valence electrons. The highest BCUT2D eigenvalue weighted by Crippen LogP contribution is 2.30. The average molecular weight is 353 g/mol. The van der Waals surface area contributed by atoms with Crippen molar-refractivity contribution in [2.24, 2.45) is 0 Å². The molecule has 0 bridgehead atoms. The normalized spacial score (nSPS) is 11.2. The summed E-state index contributed by atoms with van der Waals surface area (Å²) in [5, 5.41) is 4.03. The number of aromatic nitrogens is 4. The zero-order valence-corrected chi connectivity index (χ0v) is 14.9. The Kier molecular flexibility index (Phi) is 3.73. The van der Waals surface area contributed by atoms with Gasteiger partial charge in [-0.25, -0.2) is 19.3 Å². The van der Waals surface area contributed by atoms with Crippen LogP contribution in [0.25, 0.3) is 27.5 Å². The third-order valence-electron chi connectivity index (χ3n) is 4.01. The topological polar surface area (TPSA) is 55.1 Å². The summed E-state index contributed by atoms with van der Waals surface area (Å²) in [5.41, 5.74) is 3.79. The van der Waals surface area contributed by atoms with Gasteiger partial charge in [-0.05, 0) is 32.0 Å². The predicted molar refractivity (Wildman–Crippen MR) is 98.5 cm³/mol. The van der Waals surface area contributed by atoms with Gasteiger partial charge >= 0.3 is 0 Å². The maximum Gasteiger partial charge on any atom is 0.234 e. The van der Waals surface area contributed by atoms with Crippen molar-refractivity contribution in [3.8, 4) is 21.7 Å². The van der Waals surface area contributed by atoms with Crippen LogP contribution in [-0.4, -0.2) is 26.4 Å². The maximum atomic E-state index is 14.2. The number of nitrogens with zero attached hydrogens (tertiary/aromatic N) is 4. The van der Waals surface area contributed by atoms with E-state index in [-0.39, 0.29) is 5.82 Å². The molecule has 0 amide bonds. The van der Waals surface area contributed by atoms with Gasteiger partial charge in [0.15, 0.2) is 0 Å². The van der Waals surface area contributed by atoms with E-state index in [9.17, 15) is 4.39 Å². The van der Waals surface area contributed by atoms with E-state index in [0.717, 1.165) is 26.8 Å². The second kappa shape index (κ2) is 5.93. The van der Waals surface area contributed by atoms with Crippen molar-refractivity contribution in [3.05, 3.63) is 53.3 Å². The lowest BCUT2D eigenvalue weighted by atomic mass is 10.1. The summed E-state index contributed by atoms with van der Waals surface area (Å²) in [6, 6.07) is 4.88. The number of rotatable bonds is 3. The lowest BCUT2D eigenvalue weighted by Gasteiger charge is -2.03. The van der Waals surface area contributed by atoms with E-state index in [1.54, 1.807) is 42.9 Å². The number of imidazole rings is 1. The minimum Gasteiger partial charge on any atom is -0.388 e. The molecule has 4 aromatic rings. The summed E-state index contributed by atoms with van der Waals surface area (Å²) in [6.45, 7) is 3.97. The van der Waals surface area contributed by atoms with Gasteiger partial charge in [0.1, 0.15) is 5.82 Å². The van der Waals surface area contributed by atoms with Crippen molar-refractivity contribution < 1.29 is 4.39 Å². The van der Waals surface area contributed by atoms with Crippen LogP contribution in [0.4, 0.5) is 10.1 Å². The van der Waals surface area contributed by atoms with Gasteiger partial charge in [0.2, 0.25) is 5.78 Å². The number of fused-ring (bicyclic) bond motifs is 1. The molecule has 0 saturated heterocycles. The van der Waals surface area contributed by atoms with Gasteiger partial charge in [-0.2, -0.15) is 0 Å². The number of benzene rings is 1. The first-order valence-corrected chi connectivity index (χ1v) is 8.63. The van der Waals surface area contributed by atoms with Crippen LogP contribution in [0.1, 0.15) is 10.7 Å². The van der Waals surface area contributed by atoms with Crippen molar-refractivity contribution in [2.75, 3.05) is 12.4 Å². The molecule has 3 aromatic heterocycles. The number of hydrogen-bond donors (Lipinski definition) is 1. The molecule has 0 aliphatic rings. The SMILES string of the molecule is CNc1ccc(F)c(-c2cn3cc(-c4sc(C)nc4C)cnc3n2)c1. The Morgan fingerprint density at radius 1 is 1.16 bits per heavy atom. The van der Waals surface area contributed by atoms with E-state index in [2.05, 4.69) is 20.3 Å². The predicted octanol–water partition coefficient (Wildman–Crippen LogP) is 4.32. The fourth-order valence-electron chi connectivity index (χ4n) is 2.81. The molecule has 0 fully saturated rings. The molecule has 0 spiro atoms. The van der Waals surface area contributed by atoms with Gasteiger partial charge in [0.25, 0.3) is 0 Å². The van der Waals surface area contributed by atoms with Crippen molar-refractivity contribution in [1.82, 2.24) is 19.4 Å². The van der Waals surface area contributed by atoms with E-state index >= 15 is 0 Å². The zero-order chi connectivity index (χ0) is 17.6. The molecule has 25 heavy (non-hydrogen) atoms. The van der Waals surface area contributed by atoms with Gasteiger partial charge in [-0.3, -0.25) is 4.40 Å². The lowest BCUT2D eigenvalue weighted by Crippen LogP contribution is -1.91. The number of thiazole rings is 1. The van der Waals surface area contributed by atoms with Crippen LogP contribution in [0.15, 0.2) is 36.8 Å². The molecule has 1 aromatic carbocycles. The van der Waals surface area contributed by atoms with E-state index in [0.29, 0.717) is 17.0 Å². The fraction of sp³-hybridized carbons (Fsp3) is 0.167. The van der Waals surface area contributed by atoms with E-state index in [1.165, 1.54) is 6.07 Å². The summed E-state index contributed by atoms with van der Waals surface area (Å²) < 4.78 is 16.0. The monoisotopic (exact) mass is 353 g/mol. The number of anilines is 1. The van der Waals surface area contributed by atoms with Crippen LogP contribution in [0.3, 0.4) is 0 Å². The Labute approximate surface area is 148 Å². The summed E-state index contributed by atoms with van der Waals surface area (Å²) in [4.78, 5) is 14.4. The molecule has 0 atom stereocenters. The molecule has 0 saturated carbocycles. The molecule has 0 aliphatic heterocycles. The van der Waals surface area contributed by atoms with Gasteiger partial charge < -0.3 is 5.32 Å². The largest absolute Gasteiger partial charge is 0.388 e. The van der Waals surface area contributed by atoms with Crippen molar-refractivity contribution in [2.45, 2.75) is 13.8 Å². The molecule has 7 heteroatoms. The minimum absolute atomic E-state index is 0.309. The smallest absolute Gasteiger partial charge is 0.234 e. The molecule has 0 aliphatic carbocycles. The molecule has 3 heterocycles. The fourth-order valence-corrected chi connectivity index (χ4v) is 3.70. The Morgan fingerprint density at radius 3 is 2.72 bits per heavy atom. The first-order chi connectivity index (χ1) is 12.0. The van der Waals surface area contributed by atoms with Crippen molar-refractivity contribution in [1.29, 1.82) is 0 Å². The first-order valence-electron chi connectivity index (χ1n) is 7.82. The minimum atomic E-state index is -0.309. The standard InChI is InChI=1S/C18H16FN5S/c1-10-17(25-11(2)22-10)12-7-21-18-23-16(9-24(18)8-12)14-6-13(20-3)4-5-15(14)19/h4-9,20H,1-3H3. The molecular formula is C18H16FN5S. The summed E-state index contributed by atoms with van der Waals surface area (Å²) in [5.74, 6) is 0.225. The lowest BCUT2D eigenvalue weighted by molar-refractivity contribution is 0.631. The van der Waals surface area contributed by atoms with Crippen LogP contribution < -0.4 is 5.32 Å². The quantitative estimate of drug-likeness (QED) is 0.596. The van der Waals surface area contributed by atoms with Crippen molar-refractivity contribution in [3.63, 3.8) is 0 Å². The highest BCUT2D eigenvalue weighted by atomic mass is 32.1. The Balaban J connectivity index is 1.82. The van der Waals surface area contributed by atoms with Crippen LogP contribution in [-0.2, 0) is 0 Å². The Morgan fingerprint density at radius 2 is 2.00 bits per heavy atom. The van der Waals surface area contributed by atoms with Crippen LogP contribution >= 0.6 is 11.3 Å². The van der Waals surface area contributed by atoms with Crippen LogP contribution in [0.5, 0.6) is 0 Å². The molecular weight excluding hydrogens is 337 g/mol. The zero-order valence-electron chi connectivity index (χ0n) is 14.0. The summed E-state index contributed by atoms with van der Waals surface area (Å²) in [6.07, 6.45) is 5.54. The molecule has 0 unspecified atom stereocenters. The molecule has 1 N–H and O–H groups in total. The molecule has 4 rings (SSSR count). The third kappa shape index (κ3) is 2.76. The molecule has 0 radical (unpaired) electrons. The second-order valence-electron chi connectivity index (χ2n) is 5.77. The van der Waals surface area contributed by atoms with Crippen molar-refractivity contribution >= 4 is 22.8 Å². The van der Waals surface area contributed by atoms with E-state index in [1.807, 2.05) is 24.4 Å². The van der Waals surface area contributed by atoms with E-state index in [4.69, 9.17) is 0 Å². The van der Waals surface area contributed by atoms with E-state index < -0.39 is 0 Å². The number of halogens is 1. The first kappa shape index (κ1) is 15.7. The van der Waals surface area contributed by atoms with Gasteiger partial charge in [-0.1, -0.05) is 0 Å².